The van der Waals surface area contributed by atoms with Crippen LogP contribution in [0.1, 0.15) is 25.3 Å². The van der Waals surface area contributed by atoms with Gasteiger partial charge in [0.1, 0.15) is 12.4 Å². The number of benzene rings is 2. The molecule has 0 bridgehead atoms. The Morgan fingerprint density at radius 1 is 1.03 bits per heavy atom. The van der Waals surface area contributed by atoms with Crippen molar-refractivity contribution < 1.29 is 17.6 Å². The van der Waals surface area contributed by atoms with Crippen LogP contribution in [0.3, 0.4) is 0 Å². The molecular formula is C21H20FN3O4S. The summed E-state index contributed by atoms with van der Waals surface area (Å²) < 4.78 is 39.5. The quantitative estimate of drug-likeness (QED) is 0.650. The summed E-state index contributed by atoms with van der Waals surface area (Å²) in [5.41, 5.74) is 0.700. The summed E-state index contributed by atoms with van der Waals surface area (Å²) in [7, 11) is -3.96. The Balaban J connectivity index is 1.84. The molecule has 0 aliphatic carbocycles. The second-order valence-electron chi connectivity index (χ2n) is 6.95. The number of hydrogen-bond acceptors (Lipinski definition) is 5. The Morgan fingerprint density at radius 3 is 2.27 bits per heavy atom. The Hall–Kier alpha value is -3.33. The first-order valence-electron chi connectivity index (χ1n) is 9.15. The number of carbonyl (C=O) groups excluding carboxylic acids is 1. The van der Waals surface area contributed by atoms with Crippen LogP contribution in [-0.4, -0.2) is 24.1 Å². The van der Waals surface area contributed by atoms with Crippen LogP contribution in [0.15, 0.2) is 75.4 Å². The molecule has 3 rings (SSSR count). The molecule has 0 atom stereocenters. The van der Waals surface area contributed by atoms with Crippen molar-refractivity contribution >= 4 is 21.4 Å². The Bertz CT molecular complexity index is 1220. The standard InChI is InChI=1S/C21H20FN3O4S/c1-14(2)15-3-9-18(10-4-15)30(28,29)20-11-12-21(27)25(24-20)13-19(26)23-17-7-5-16(22)6-8-17/h3-12,14H,13H2,1-2H3,(H,23,26). The van der Waals surface area contributed by atoms with Gasteiger partial charge in [0, 0.05) is 11.8 Å². The second-order valence-corrected chi connectivity index (χ2v) is 8.85. The number of carbonyl (C=O) groups is 1. The second kappa shape index (κ2) is 8.58. The smallest absolute Gasteiger partial charge is 0.267 e. The van der Waals surface area contributed by atoms with Crippen LogP contribution in [-0.2, 0) is 21.2 Å². The lowest BCUT2D eigenvalue weighted by molar-refractivity contribution is -0.117. The van der Waals surface area contributed by atoms with Gasteiger partial charge in [-0.3, -0.25) is 9.59 Å². The van der Waals surface area contributed by atoms with Gasteiger partial charge in [-0.05, 0) is 53.9 Å². The number of nitrogens with zero attached hydrogens (tertiary/aromatic N) is 2. The van der Waals surface area contributed by atoms with Gasteiger partial charge in [-0.25, -0.2) is 17.5 Å². The zero-order chi connectivity index (χ0) is 21.9. The van der Waals surface area contributed by atoms with Gasteiger partial charge in [-0.2, -0.15) is 5.10 Å². The summed E-state index contributed by atoms with van der Waals surface area (Å²) in [4.78, 5) is 24.3. The van der Waals surface area contributed by atoms with E-state index in [-0.39, 0.29) is 15.8 Å². The number of halogens is 1. The third kappa shape index (κ3) is 4.80. The topological polar surface area (TPSA) is 98.1 Å². The summed E-state index contributed by atoms with van der Waals surface area (Å²) in [6.07, 6.45) is 0. The highest BCUT2D eigenvalue weighted by Gasteiger charge is 2.21. The van der Waals surface area contributed by atoms with E-state index in [1.165, 1.54) is 36.4 Å². The zero-order valence-corrected chi connectivity index (χ0v) is 17.2. The minimum absolute atomic E-state index is 0.0420. The molecular weight excluding hydrogens is 409 g/mol. The van der Waals surface area contributed by atoms with E-state index in [2.05, 4.69) is 10.4 Å². The van der Waals surface area contributed by atoms with Gasteiger partial charge < -0.3 is 5.32 Å². The van der Waals surface area contributed by atoms with Crippen molar-refractivity contribution in [3.8, 4) is 0 Å². The predicted molar refractivity (Wildman–Crippen MR) is 110 cm³/mol. The molecule has 2 aromatic carbocycles. The predicted octanol–water partition coefficient (Wildman–Crippen LogP) is 2.98. The van der Waals surface area contributed by atoms with Gasteiger partial charge in [0.2, 0.25) is 15.7 Å². The summed E-state index contributed by atoms with van der Waals surface area (Å²) in [6, 6.07) is 13.7. The fourth-order valence-corrected chi connectivity index (χ4v) is 3.90. The fourth-order valence-electron chi connectivity index (χ4n) is 2.71. The summed E-state index contributed by atoms with van der Waals surface area (Å²) in [5.74, 6) is -0.807. The van der Waals surface area contributed by atoms with E-state index in [9.17, 15) is 22.4 Å². The van der Waals surface area contributed by atoms with Crippen molar-refractivity contribution in [2.75, 3.05) is 5.32 Å². The molecule has 0 unspecified atom stereocenters. The van der Waals surface area contributed by atoms with Gasteiger partial charge >= 0.3 is 0 Å². The molecule has 1 amide bonds. The molecule has 1 N–H and O–H groups in total. The summed E-state index contributed by atoms with van der Waals surface area (Å²) >= 11 is 0. The number of anilines is 1. The van der Waals surface area contributed by atoms with E-state index in [4.69, 9.17) is 0 Å². The Labute approximate surface area is 173 Å². The highest BCUT2D eigenvalue weighted by atomic mass is 32.2. The molecule has 1 aromatic heterocycles. The maximum absolute atomic E-state index is 13.0. The molecule has 156 valence electrons. The van der Waals surface area contributed by atoms with Gasteiger partial charge in [0.05, 0.1) is 4.90 Å². The lowest BCUT2D eigenvalue weighted by Gasteiger charge is -2.10. The van der Waals surface area contributed by atoms with Crippen LogP contribution in [0.5, 0.6) is 0 Å². The highest BCUT2D eigenvalue weighted by Crippen LogP contribution is 2.21. The highest BCUT2D eigenvalue weighted by molar-refractivity contribution is 7.91. The first-order valence-corrected chi connectivity index (χ1v) is 10.6. The van der Waals surface area contributed by atoms with Crippen LogP contribution >= 0.6 is 0 Å². The van der Waals surface area contributed by atoms with Crippen LogP contribution in [0, 0.1) is 5.82 Å². The van der Waals surface area contributed by atoms with Gasteiger partial charge in [0.15, 0.2) is 5.03 Å². The van der Waals surface area contributed by atoms with Crippen molar-refractivity contribution in [2.45, 2.75) is 36.2 Å². The number of nitrogens with one attached hydrogen (secondary N) is 1. The number of hydrogen-bond donors (Lipinski definition) is 1. The number of aromatic nitrogens is 2. The van der Waals surface area contributed by atoms with Gasteiger partial charge in [0.25, 0.3) is 5.56 Å². The zero-order valence-electron chi connectivity index (χ0n) is 16.4. The fraction of sp³-hybridized carbons (Fsp3) is 0.190. The Morgan fingerprint density at radius 2 is 1.67 bits per heavy atom. The van der Waals surface area contributed by atoms with Gasteiger partial charge in [-0.15, -0.1) is 0 Å². The normalized spacial score (nSPS) is 11.5. The Kier molecular flexibility index (Phi) is 6.12. The third-order valence-corrected chi connectivity index (χ3v) is 6.06. The largest absolute Gasteiger partial charge is 0.324 e. The van der Waals surface area contributed by atoms with Crippen LogP contribution in [0.25, 0.3) is 0 Å². The molecule has 0 aliphatic heterocycles. The van der Waals surface area contributed by atoms with Crippen LogP contribution in [0.2, 0.25) is 0 Å². The van der Waals surface area contributed by atoms with Crippen molar-refractivity contribution in [3.05, 3.63) is 82.4 Å². The monoisotopic (exact) mass is 429 g/mol. The van der Waals surface area contributed by atoms with Crippen LogP contribution in [0.4, 0.5) is 10.1 Å². The van der Waals surface area contributed by atoms with Crippen molar-refractivity contribution in [3.63, 3.8) is 0 Å². The molecule has 0 aliphatic rings. The van der Waals surface area contributed by atoms with E-state index in [1.807, 2.05) is 13.8 Å². The molecule has 0 fully saturated rings. The molecule has 0 spiro atoms. The summed E-state index contributed by atoms with van der Waals surface area (Å²) in [5, 5.41) is 6.03. The lowest BCUT2D eigenvalue weighted by Crippen LogP contribution is -2.30. The van der Waals surface area contributed by atoms with E-state index in [0.29, 0.717) is 5.69 Å². The minimum Gasteiger partial charge on any atom is -0.324 e. The number of amides is 1. The van der Waals surface area contributed by atoms with Crippen molar-refractivity contribution in [2.24, 2.45) is 0 Å². The van der Waals surface area contributed by atoms with E-state index in [0.717, 1.165) is 22.4 Å². The lowest BCUT2D eigenvalue weighted by atomic mass is 10.0. The average molecular weight is 429 g/mol. The molecule has 0 saturated heterocycles. The van der Waals surface area contributed by atoms with E-state index >= 15 is 0 Å². The van der Waals surface area contributed by atoms with E-state index < -0.39 is 33.7 Å². The SMILES string of the molecule is CC(C)c1ccc(S(=O)(=O)c2ccc(=O)n(CC(=O)Nc3ccc(F)cc3)n2)cc1. The average Bonchev–Trinajstić information content (AvgIpc) is 2.71. The van der Waals surface area contributed by atoms with Crippen molar-refractivity contribution in [1.29, 1.82) is 0 Å². The molecule has 0 radical (unpaired) electrons. The van der Waals surface area contributed by atoms with Crippen LogP contribution < -0.4 is 10.9 Å². The molecule has 1 heterocycles. The first-order chi connectivity index (χ1) is 14.2. The third-order valence-electron chi connectivity index (χ3n) is 4.40. The summed E-state index contributed by atoms with van der Waals surface area (Å²) in [6.45, 7) is 3.50. The van der Waals surface area contributed by atoms with E-state index in [1.54, 1.807) is 12.1 Å². The molecule has 30 heavy (non-hydrogen) atoms. The molecule has 3 aromatic rings. The van der Waals surface area contributed by atoms with Gasteiger partial charge in [-0.1, -0.05) is 26.0 Å². The number of sulfone groups is 1. The maximum atomic E-state index is 13.0. The first kappa shape index (κ1) is 21.4. The molecule has 9 heteroatoms. The van der Waals surface area contributed by atoms with Crippen molar-refractivity contribution in [1.82, 2.24) is 9.78 Å². The molecule has 0 saturated carbocycles. The maximum Gasteiger partial charge on any atom is 0.267 e. The minimum atomic E-state index is -3.96. The number of rotatable bonds is 6. The molecule has 7 nitrogen and oxygen atoms in total.